The van der Waals surface area contributed by atoms with Gasteiger partial charge in [-0.05, 0) is 58.3 Å². The van der Waals surface area contributed by atoms with Crippen molar-refractivity contribution in [2.75, 3.05) is 33.7 Å². The van der Waals surface area contributed by atoms with E-state index in [1.165, 1.54) is 45.2 Å². The fraction of sp³-hybridized carbons (Fsp3) is 1.00. The van der Waals surface area contributed by atoms with Crippen LogP contribution < -0.4 is 5.32 Å². The summed E-state index contributed by atoms with van der Waals surface area (Å²) in [6.45, 7) is 10.7. The van der Waals surface area contributed by atoms with Gasteiger partial charge in [-0.3, -0.25) is 0 Å². The molecule has 2 aliphatic rings. The van der Waals surface area contributed by atoms with Gasteiger partial charge in [0.15, 0.2) is 0 Å². The van der Waals surface area contributed by atoms with Crippen molar-refractivity contribution >= 4 is 0 Å². The van der Waals surface area contributed by atoms with Crippen LogP contribution in [0.3, 0.4) is 0 Å². The Morgan fingerprint density at radius 2 is 2.00 bits per heavy atom. The van der Waals surface area contributed by atoms with Gasteiger partial charge in [0.1, 0.15) is 0 Å². The summed E-state index contributed by atoms with van der Waals surface area (Å²) in [6.07, 6.45) is 6.85. The average molecular weight is 281 g/mol. The number of hydrogen-bond acceptors (Lipinski definition) is 3. The number of likely N-dealkylation sites (N-methyl/N-ethyl adjacent to an activating group) is 3. The van der Waals surface area contributed by atoms with Crippen LogP contribution in [-0.4, -0.2) is 61.7 Å². The number of hydrogen-bond donors (Lipinski definition) is 1. The van der Waals surface area contributed by atoms with Crippen LogP contribution in [0.15, 0.2) is 0 Å². The van der Waals surface area contributed by atoms with Crippen LogP contribution in [-0.2, 0) is 0 Å². The quantitative estimate of drug-likeness (QED) is 0.835. The van der Waals surface area contributed by atoms with E-state index in [0.29, 0.717) is 17.5 Å². The molecule has 1 aliphatic carbocycles. The molecule has 0 spiro atoms. The Morgan fingerprint density at radius 1 is 1.25 bits per heavy atom. The second-order valence-electron chi connectivity index (χ2n) is 7.70. The second kappa shape index (κ2) is 6.76. The Kier molecular flexibility index (Phi) is 5.49. The smallest absolute Gasteiger partial charge is 0.0274 e. The summed E-state index contributed by atoms with van der Waals surface area (Å²) >= 11 is 0. The maximum Gasteiger partial charge on any atom is 0.0274 e. The van der Waals surface area contributed by atoms with Crippen LogP contribution in [0.4, 0.5) is 0 Å². The zero-order chi connectivity index (χ0) is 14.8. The summed E-state index contributed by atoms with van der Waals surface area (Å²) in [5.41, 5.74) is 0.425. The molecule has 0 aromatic rings. The molecule has 20 heavy (non-hydrogen) atoms. The first kappa shape index (κ1) is 16.3. The zero-order valence-corrected chi connectivity index (χ0v) is 14.3. The van der Waals surface area contributed by atoms with E-state index in [4.69, 9.17) is 0 Å². The standard InChI is InChI=1S/C17H35N3/c1-6-18-16-15(10-7-11-17(16,2)3)20(5)13-14-9-8-12-19(14)4/h14-16,18H,6-13H2,1-5H3. The van der Waals surface area contributed by atoms with E-state index in [-0.39, 0.29) is 0 Å². The Labute approximate surface area is 126 Å². The molecule has 3 nitrogen and oxygen atoms in total. The number of likely N-dealkylation sites (tertiary alicyclic amines) is 1. The van der Waals surface area contributed by atoms with Crippen molar-refractivity contribution in [3.63, 3.8) is 0 Å². The van der Waals surface area contributed by atoms with Crippen LogP contribution in [0.2, 0.25) is 0 Å². The minimum atomic E-state index is 0.425. The molecule has 1 saturated heterocycles. The molecule has 3 unspecified atom stereocenters. The lowest BCUT2D eigenvalue weighted by Crippen LogP contribution is -2.59. The maximum atomic E-state index is 3.79. The van der Waals surface area contributed by atoms with Gasteiger partial charge in [0, 0.05) is 24.7 Å². The van der Waals surface area contributed by atoms with Gasteiger partial charge in [-0.1, -0.05) is 27.2 Å². The maximum absolute atomic E-state index is 3.79. The molecule has 0 radical (unpaired) electrons. The lowest BCUT2D eigenvalue weighted by atomic mass is 9.70. The fourth-order valence-corrected chi connectivity index (χ4v) is 4.39. The average Bonchev–Trinajstić information content (AvgIpc) is 2.77. The lowest BCUT2D eigenvalue weighted by Gasteiger charge is -2.48. The van der Waals surface area contributed by atoms with Gasteiger partial charge in [-0.25, -0.2) is 0 Å². The SMILES string of the molecule is CCNC1C(N(C)CC2CCCN2C)CCCC1(C)C. The molecular weight excluding hydrogens is 246 g/mol. The second-order valence-corrected chi connectivity index (χ2v) is 7.70. The van der Waals surface area contributed by atoms with Gasteiger partial charge in [-0.15, -0.1) is 0 Å². The normalized spacial score (nSPS) is 34.8. The van der Waals surface area contributed by atoms with E-state index in [2.05, 4.69) is 50.0 Å². The van der Waals surface area contributed by atoms with E-state index in [1.807, 2.05) is 0 Å². The Bertz CT molecular complexity index is 303. The van der Waals surface area contributed by atoms with Gasteiger partial charge in [0.2, 0.25) is 0 Å². The van der Waals surface area contributed by atoms with Crippen molar-refractivity contribution in [1.82, 2.24) is 15.1 Å². The van der Waals surface area contributed by atoms with Crippen molar-refractivity contribution in [1.29, 1.82) is 0 Å². The van der Waals surface area contributed by atoms with Crippen molar-refractivity contribution in [2.45, 2.75) is 71.0 Å². The van der Waals surface area contributed by atoms with Gasteiger partial charge < -0.3 is 15.1 Å². The first-order valence-corrected chi connectivity index (χ1v) is 8.59. The number of rotatable bonds is 5. The predicted octanol–water partition coefficient (Wildman–Crippen LogP) is 2.57. The first-order valence-electron chi connectivity index (χ1n) is 8.59. The highest BCUT2D eigenvalue weighted by atomic mass is 15.2. The Morgan fingerprint density at radius 3 is 2.60 bits per heavy atom. The molecule has 2 rings (SSSR count). The summed E-state index contributed by atoms with van der Waals surface area (Å²) in [5, 5.41) is 3.79. The summed E-state index contributed by atoms with van der Waals surface area (Å²) in [4.78, 5) is 5.20. The molecule has 1 aliphatic heterocycles. The number of nitrogens with zero attached hydrogens (tertiary/aromatic N) is 2. The topological polar surface area (TPSA) is 18.5 Å². The summed E-state index contributed by atoms with van der Waals surface area (Å²) in [6, 6.07) is 2.11. The molecule has 2 fully saturated rings. The van der Waals surface area contributed by atoms with Crippen molar-refractivity contribution in [2.24, 2.45) is 5.41 Å². The summed E-state index contributed by atoms with van der Waals surface area (Å²) < 4.78 is 0. The van der Waals surface area contributed by atoms with Gasteiger partial charge in [-0.2, -0.15) is 0 Å². The highest BCUT2D eigenvalue weighted by Crippen LogP contribution is 2.37. The molecule has 1 saturated carbocycles. The van der Waals surface area contributed by atoms with Crippen LogP contribution in [0, 0.1) is 5.41 Å². The molecule has 0 aromatic carbocycles. The van der Waals surface area contributed by atoms with E-state index in [1.54, 1.807) is 0 Å². The van der Waals surface area contributed by atoms with Crippen molar-refractivity contribution in [3.05, 3.63) is 0 Å². The molecule has 1 heterocycles. The first-order chi connectivity index (χ1) is 9.45. The highest BCUT2D eigenvalue weighted by molar-refractivity contribution is 4.98. The van der Waals surface area contributed by atoms with E-state index in [0.717, 1.165) is 12.6 Å². The van der Waals surface area contributed by atoms with Crippen LogP contribution in [0.5, 0.6) is 0 Å². The third-order valence-corrected chi connectivity index (χ3v) is 5.71. The molecule has 1 N–H and O–H groups in total. The van der Waals surface area contributed by atoms with E-state index in [9.17, 15) is 0 Å². The Balaban J connectivity index is 2.00. The van der Waals surface area contributed by atoms with Crippen LogP contribution in [0.25, 0.3) is 0 Å². The summed E-state index contributed by atoms with van der Waals surface area (Å²) in [7, 11) is 4.64. The Hall–Kier alpha value is -0.120. The molecule has 0 bridgehead atoms. The molecular formula is C17H35N3. The molecule has 0 aromatic heterocycles. The summed E-state index contributed by atoms with van der Waals surface area (Å²) in [5.74, 6) is 0. The van der Waals surface area contributed by atoms with Crippen LogP contribution in [0.1, 0.15) is 52.9 Å². The molecule has 118 valence electrons. The monoisotopic (exact) mass is 281 g/mol. The third kappa shape index (κ3) is 3.55. The number of nitrogens with one attached hydrogen (secondary N) is 1. The van der Waals surface area contributed by atoms with Gasteiger partial charge in [0.25, 0.3) is 0 Å². The highest BCUT2D eigenvalue weighted by Gasteiger charge is 2.40. The third-order valence-electron chi connectivity index (χ3n) is 5.71. The van der Waals surface area contributed by atoms with Gasteiger partial charge in [0.05, 0.1) is 0 Å². The van der Waals surface area contributed by atoms with Crippen LogP contribution >= 0.6 is 0 Å². The molecule has 3 atom stereocenters. The van der Waals surface area contributed by atoms with Crippen molar-refractivity contribution in [3.8, 4) is 0 Å². The molecule has 3 heteroatoms. The van der Waals surface area contributed by atoms with E-state index < -0.39 is 0 Å². The fourth-order valence-electron chi connectivity index (χ4n) is 4.39. The molecule has 0 amide bonds. The van der Waals surface area contributed by atoms with Crippen molar-refractivity contribution < 1.29 is 0 Å². The van der Waals surface area contributed by atoms with E-state index >= 15 is 0 Å². The van der Waals surface area contributed by atoms with Gasteiger partial charge >= 0.3 is 0 Å². The minimum Gasteiger partial charge on any atom is -0.312 e. The zero-order valence-electron chi connectivity index (χ0n) is 14.3. The lowest BCUT2D eigenvalue weighted by molar-refractivity contribution is 0.0524. The largest absolute Gasteiger partial charge is 0.312 e. The predicted molar refractivity (Wildman–Crippen MR) is 87.2 cm³/mol. The minimum absolute atomic E-state index is 0.425.